The molecule has 2 nitrogen and oxygen atoms in total. The van der Waals surface area contributed by atoms with Gasteiger partial charge in [0.2, 0.25) is 0 Å². The molecule has 2 rings (SSSR count). The molecule has 1 aromatic carbocycles. The zero-order valence-corrected chi connectivity index (χ0v) is 10.6. The Labute approximate surface area is 101 Å². The lowest BCUT2D eigenvalue weighted by molar-refractivity contribution is 0.101. The number of carbonyl (C=O) groups is 1. The summed E-state index contributed by atoms with van der Waals surface area (Å²) in [6.45, 7) is 6.57. The third-order valence-corrected chi connectivity index (χ3v) is 3.54. The van der Waals surface area contributed by atoms with Gasteiger partial charge in [-0.15, -0.1) is 0 Å². The molecule has 17 heavy (non-hydrogen) atoms. The number of benzene rings is 1. The van der Waals surface area contributed by atoms with E-state index in [2.05, 4.69) is 18.7 Å². The Kier molecular flexibility index (Phi) is 2.94. The van der Waals surface area contributed by atoms with E-state index in [1.54, 1.807) is 6.07 Å². The number of carbonyl (C=O) groups excluding carboxylic acids is 1. The number of ketones is 1. The van der Waals surface area contributed by atoms with Crippen molar-refractivity contribution in [1.82, 2.24) is 0 Å². The minimum absolute atomic E-state index is 0.00199. The number of hydrogen-bond acceptors (Lipinski definition) is 2. The monoisotopic (exact) mass is 235 g/mol. The average Bonchev–Trinajstić information content (AvgIpc) is 2.57. The van der Waals surface area contributed by atoms with E-state index in [4.69, 9.17) is 0 Å². The molecule has 1 heterocycles. The first-order valence-corrected chi connectivity index (χ1v) is 6.00. The fourth-order valence-corrected chi connectivity index (χ4v) is 2.64. The molecule has 1 saturated heterocycles. The lowest BCUT2D eigenvalue weighted by Crippen LogP contribution is -2.39. The first kappa shape index (κ1) is 12.1. The molecule has 0 saturated carbocycles. The van der Waals surface area contributed by atoms with Crippen LogP contribution in [0.4, 0.5) is 10.1 Å². The predicted octanol–water partition coefficient (Wildman–Crippen LogP) is 3.41. The Hall–Kier alpha value is -1.38. The largest absolute Gasteiger partial charge is 0.366 e. The van der Waals surface area contributed by atoms with Crippen LogP contribution in [-0.2, 0) is 0 Å². The highest BCUT2D eigenvalue weighted by Gasteiger charge is 2.34. The molecule has 0 aliphatic carbocycles. The third kappa shape index (κ3) is 2.06. The summed E-state index contributed by atoms with van der Waals surface area (Å²) in [5.41, 5.74) is 0.959. The standard InChI is InChI=1S/C14H18FNO/c1-10(17)13-11(15)6-4-7-12(13)16-9-5-8-14(16,2)3/h4,6-7H,5,8-9H2,1-3H3. The van der Waals surface area contributed by atoms with Crippen molar-refractivity contribution in [3.05, 3.63) is 29.6 Å². The van der Waals surface area contributed by atoms with Crippen LogP contribution in [0, 0.1) is 5.82 Å². The fourth-order valence-electron chi connectivity index (χ4n) is 2.64. The Morgan fingerprint density at radius 3 is 2.65 bits per heavy atom. The van der Waals surface area contributed by atoms with E-state index in [0.717, 1.165) is 25.1 Å². The van der Waals surface area contributed by atoms with Crippen LogP contribution in [-0.4, -0.2) is 17.9 Å². The second-order valence-electron chi connectivity index (χ2n) is 5.26. The second-order valence-corrected chi connectivity index (χ2v) is 5.26. The summed E-state index contributed by atoms with van der Waals surface area (Å²) in [7, 11) is 0. The van der Waals surface area contributed by atoms with Gasteiger partial charge in [-0.05, 0) is 45.7 Å². The first-order valence-electron chi connectivity index (χ1n) is 6.00. The SMILES string of the molecule is CC(=O)c1c(F)cccc1N1CCCC1(C)C. The van der Waals surface area contributed by atoms with Crippen molar-refractivity contribution < 1.29 is 9.18 Å². The topological polar surface area (TPSA) is 20.3 Å². The third-order valence-electron chi connectivity index (χ3n) is 3.54. The van der Waals surface area contributed by atoms with Crippen LogP contribution >= 0.6 is 0 Å². The summed E-state index contributed by atoms with van der Waals surface area (Å²) in [5.74, 6) is -0.626. The van der Waals surface area contributed by atoms with Gasteiger partial charge in [-0.3, -0.25) is 4.79 Å². The molecule has 0 atom stereocenters. The van der Waals surface area contributed by atoms with Crippen molar-refractivity contribution >= 4 is 11.5 Å². The minimum Gasteiger partial charge on any atom is -0.366 e. The van der Waals surface area contributed by atoms with E-state index in [9.17, 15) is 9.18 Å². The molecule has 0 aromatic heterocycles. The Morgan fingerprint density at radius 1 is 1.41 bits per heavy atom. The molecule has 1 aliphatic rings. The molecule has 1 fully saturated rings. The maximum atomic E-state index is 13.8. The maximum Gasteiger partial charge on any atom is 0.164 e. The van der Waals surface area contributed by atoms with Gasteiger partial charge in [0.25, 0.3) is 0 Å². The summed E-state index contributed by atoms with van der Waals surface area (Å²) < 4.78 is 13.8. The van der Waals surface area contributed by atoms with Gasteiger partial charge >= 0.3 is 0 Å². The molecule has 0 spiro atoms. The molecule has 0 radical (unpaired) electrons. The lowest BCUT2D eigenvalue weighted by atomic mass is 9.99. The molecular weight excluding hydrogens is 217 g/mol. The molecule has 1 aliphatic heterocycles. The van der Waals surface area contributed by atoms with Crippen molar-refractivity contribution in [3.8, 4) is 0 Å². The molecule has 0 N–H and O–H groups in total. The van der Waals surface area contributed by atoms with Crippen molar-refractivity contribution in [1.29, 1.82) is 0 Å². The van der Waals surface area contributed by atoms with Gasteiger partial charge in [0.15, 0.2) is 5.78 Å². The number of rotatable bonds is 2. The minimum atomic E-state index is -0.419. The van der Waals surface area contributed by atoms with Crippen LogP contribution in [0.3, 0.4) is 0 Å². The van der Waals surface area contributed by atoms with Gasteiger partial charge < -0.3 is 4.90 Å². The van der Waals surface area contributed by atoms with Crippen molar-refractivity contribution in [2.45, 2.75) is 39.2 Å². The smallest absolute Gasteiger partial charge is 0.164 e. The van der Waals surface area contributed by atoms with Crippen LogP contribution in [0.2, 0.25) is 0 Å². The van der Waals surface area contributed by atoms with Crippen molar-refractivity contribution in [3.63, 3.8) is 0 Å². The number of nitrogens with zero attached hydrogens (tertiary/aromatic N) is 1. The van der Waals surface area contributed by atoms with Gasteiger partial charge in [-0.1, -0.05) is 6.07 Å². The van der Waals surface area contributed by atoms with E-state index >= 15 is 0 Å². The second kappa shape index (κ2) is 4.13. The molecular formula is C14H18FNO. The van der Waals surface area contributed by atoms with Crippen LogP contribution in [0.1, 0.15) is 44.0 Å². The lowest BCUT2D eigenvalue weighted by Gasteiger charge is -2.34. The Morgan fingerprint density at radius 2 is 2.12 bits per heavy atom. The average molecular weight is 235 g/mol. The summed E-state index contributed by atoms with van der Waals surface area (Å²) in [6.07, 6.45) is 2.15. The molecule has 3 heteroatoms. The van der Waals surface area contributed by atoms with Crippen LogP contribution in [0.15, 0.2) is 18.2 Å². The van der Waals surface area contributed by atoms with Gasteiger partial charge in [0, 0.05) is 12.1 Å². The Balaban J connectivity index is 2.52. The zero-order chi connectivity index (χ0) is 12.6. The number of anilines is 1. The van der Waals surface area contributed by atoms with Crippen LogP contribution in [0.5, 0.6) is 0 Å². The number of halogens is 1. The van der Waals surface area contributed by atoms with E-state index in [-0.39, 0.29) is 16.9 Å². The van der Waals surface area contributed by atoms with E-state index in [1.165, 1.54) is 13.0 Å². The summed E-state index contributed by atoms with van der Waals surface area (Å²) in [6, 6.07) is 4.86. The van der Waals surface area contributed by atoms with E-state index in [0.29, 0.717) is 0 Å². The van der Waals surface area contributed by atoms with Gasteiger partial charge in [-0.2, -0.15) is 0 Å². The van der Waals surface area contributed by atoms with Crippen LogP contribution < -0.4 is 4.90 Å². The predicted molar refractivity (Wildman–Crippen MR) is 67.1 cm³/mol. The molecule has 0 bridgehead atoms. The molecule has 0 unspecified atom stereocenters. The molecule has 92 valence electrons. The highest BCUT2D eigenvalue weighted by Crippen LogP contribution is 2.36. The fraction of sp³-hybridized carbons (Fsp3) is 0.500. The summed E-state index contributed by atoms with van der Waals surface area (Å²) >= 11 is 0. The quantitative estimate of drug-likeness (QED) is 0.732. The van der Waals surface area contributed by atoms with Crippen molar-refractivity contribution in [2.24, 2.45) is 0 Å². The van der Waals surface area contributed by atoms with Crippen molar-refractivity contribution in [2.75, 3.05) is 11.4 Å². The Bertz CT molecular complexity index is 454. The van der Waals surface area contributed by atoms with E-state index in [1.807, 2.05) is 6.07 Å². The van der Waals surface area contributed by atoms with Gasteiger partial charge in [0.1, 0.15) is 5.82 Å². The summed E-state index contributed by atoms with van der Waals surface area (Å²) in [4.78, 5) is 13.7. The first-order chi connectivity index (χ1) is 7.93. The molecule has 0 amide bonds. The zero-order valence-electron chi connectivity index (χ0n) is 10.6. The highest BCUT2D eigenvalue weighted by atomic mass is 19.1. The van der Waals surface area contributed by atoms with Crippen LogP contribution in [0.25, 0.3) is 0 Å². The van der Waals surface area contributed by atoms with E-state index < -0.39 is 5.82 Å². The maximum absolute atomic E-state index is 13.8. The molecule has 1 aromatic rings. The number of hydrogen-bond donors (Lipinski definition) is 0. The number of Topliss-reactive ketones (excluding diaryl/α,β-unsaturated/α-hetero) is 1. The van der Waals surface area contributed by atoms with Gasteiger partial charge in [0.05, 0.1) is 11.3 Å². The van der Waals surface area contributed by atoms with Gasteiger partial charge in [-0.25, -0.2) is 4.39 Å². The normalized spacial score (nSPS) is 18.5. The summed E-state index contributed by atoms with van der Waals surface area (Å²) in [5, 5.41) is 0. The highest BCUT2D eigenvalue weighted by molar-refractivity contribution is 6.00.